The third kappa shape index (κ3) is 3.09. The Bertz CT molecular complexity index is 332. The smallest absolute Gasteiger partial charge is 0.00196 e. The van der Waals surface area contributed by atoms with Crippen LogP contribution in [0.4, 0.5) is 0 Å². The van der Waals surface area contributed by atoms with Crippen molar-refractivity contribution in [2.75, 3.05) is 0 Å². The molecule has 0 atom stereocenters. The highest BCUT2D eigenvalue weighted by Crippen LogP contribution is 2.33. The van der Waals surface area contributed by atoms with Crippen molar-refractivity contribution in [2.24, 2.45) is 0 Å². The maximum Gasteiger partial charge on any atom is -0.00196 e. The second-order valence-corrected chi connectivity index (χ2v) is 2.92. The fraction of sp³-hybridized carbons (Fsp3) is 0.333. The van der Waals surface area contributed by atoms with Crippen molar-refractivity contribution in [3.8, 4) is 0 Å². The molecule has 0 aliphatic heterocycles. The van der Waals surface area contributed by atoms with Crippen LogP contribution in [0.3, 0.4) is 0 Å². The summed E-state index contributed by atoms with van der Waals surface area (Å²) in [4.78, 5) is 0. The summed E-state index contributed by atoms with van der Waals surface area (Å²) in [5.41, 5.74) is 4.91. The number of rotatable bonds is 0. The van der Waals surface area contributed by atoms with Gasteiger partial charge < -0.3 is 0 Å². The quantitative estimate of drug-likeness (QED) is 0.563. The number of allylic oxidation sites excluding steroid dienone is 2. The number of benzene rings is 1. The average molecular weight is 202 g/mol. The zero-order valence-corrected chi connectivity index (χ0v) is 10.4. The van der Waals surface area contributed by atoms with Gasteiger partial charge in [-0.25, -0.2) is 0 Å². The molecule has 82 valence electrons. The molecule has 0 unspecified atom stereocenters. The Kier molecular flexibility index (Phi) is 6.44. The van der Waals surface area contributed by atoms with Crippen LogP contribution in [-0.2, 0) is 6.42 Å². The number of fused-ring (bicyclic) bond motifs is 1. The van der Waals surface area contributed by atoms with Gasteiger partial charge in [-0.05, 0) is 28.7 Å². The summed E-state index contributed by atoms with van der Waals surface area (Å²) in [7, 11) is 0. The molecule has 0 bridgehead atoms. The monoisotopic (exact) mass is 202 g/mol. The van der Waals surface area contributed by atoms with E-state index < -0.39 is 0 Å². The minimum absolute atomic E-state index is 0.981. The highest BCUT2D eigenvalue weighted by Gasteiger charge is 2.15. The predicted octanol–water partition coefficient (Wildman–Crippen LogP) is 4.86. The van der Waals surface area contributed by atoms with Crippen molar-refractivity contribution < 1.29 is 0 Å². The van der Waals surface area contributed by atoms with Crippen molar-refractivity contribution in [2.45, 2.75) is 34.1 Å². The lowest BCUT2D eigenvalue weighted by molar-refractivity contribution is 1.28. The van der Waals surface area contributed by atoms with E-state index in [9.17, 15) is 0 Å². The molecule has 1 aliphatic rings. The van der Waals surface area contributed by atoms with E-state index in [0.29, 0.717) is 0 Å². The standard InChI is InChI=1S/C11H10.2C2H6/c1-8-7-10-5-3-4-6-11(10)9(8)2;2*1-2/h3-6H,1-2,7H2;2*1-2H3. The maximum absolute atomic E-state index is 3.98. The van der Waals surface area contributed by atoms with E-state index in [1.165, 1.54) is 11.1 Å². The van der Waals surface area contributed by atoms with Gasteiger partial charge in [-0.3, -0.25) is 0 Å². The lowest BCUT2D eigenvalue weighted by Gasteiger charge is -1.95. The third-order valence-corrected chi connectivity index (χ3v) is 2.17. The fourth-order valence-corrected chi connectivity index (χ4v) is 1.50. The normalized spacial score (nSPS) is 12.0. The topological polar surface area (TPSA) is 0 Å². The van der Waals surface area contributed by atoms with Gasteiger partial charge in [0.15, 0.2) is 0 Å². The molecule has 0 saturated heterocycles. The van der Waals surface area contributed by atoms with Crippen LogP contribution in [-0.4, -0.2) is 0 Å². The van der Waals surface area contributed by atoms with Gasteiger partial charge in [-0.2, -0.15) is 0 Å². The van der Waals surface area contributed by atoms with Crippen LogP contribution in [0, 0.1) is 0 Å². The second kappa shape index (κ2) is 7.05. The molecule has 1 aliphatic carbocycles. The van der Waals surface area contributed by atoms with Gasteiger partial charge in [0.1, 0.15) is 0 Å². The Labute approximate surface area is 94.3 Å². The molecule has 0 heteroatoms. The van der Waals surface area contributed by atoms with E-state index >= 15 is 0 Å². The molecule has 0 amide bonds. The largest absolute Gasteiger partial charge is 0.0949 e. The maximum atomic E-state index is 3.98. The first-order valence-electron chi connectivity index (χ1n) is 5.74. The lowest BCUT2D eigenvalue weighted by atomic mass is 10.1. The van der Waals surface area contributed by atoms with Crippen LogP contribution >= 0.6 is 0 Å². The second-order valence-electron chi connectivity index (χ2n) is 2.92. The minimum atomic E-state index is 0.981. The molecule has 0 saturated carbocycles. The zero-order chi connectivity index (χ0) is 11.8. The summed E-state index contributed by atoms with van der Waals surface area (Å²) in [6.45, 7) is 15.9. The summed E-state index contributed by atoms with van der Waals surface area (Å²) in [5.74, 6) is 0. The van der Waals surface area contributed by atoms with Crippen LogP contribution in [0.5, 0.6) is 0 Å². The summed E-state index contributed by atoms with van der Waals surface area (Å²) in [6, 6.07) is 8.35. The summed E-state index contributed by atoms with van der Waals surface area (Å²) < 4.78 is 0. The first-order chi connectivity index (χ1) is 7.29. The van der Waals surface area contributed by atoms with Crippen LogP contribution < -0.4 is 0 Å². The van der Waals surface area contributed by atoms with E-state index in [1.807, 2.05) is 33.8 Å². The SMILES string of the molecule is C=C1Cc2ccccc2C1=C.CC.CC. The minimum Gasteiger partial charge on any atom is -0.0949 e. The van der Waals surface area contributed by atoms with E-state index in [0.717, 1.165) is 17.6 Å². The Balaban J connectivity index is 0.000000442. The molecule has 0 aromatic heterocycles. The average Bonchev–Trinajstić information content (AvgIpc) is 2.61. The zero-order valence-electron chi connectivity index (χ0n) is 10.4. The van der Waals surface area contributed by atoms with Gasteiger partial charge in [0.05, 0.1) is 0 Å². The van der Waals surface area contributed by atoms with E-state index in [4.69, 9.17) is 0 Å². The van der Waals surface area contributed by atoms with Gasteiger partial charge in [0, 0.05) is 0 Å². The summed E-state index contributed by atoms with van der Waals surface area (Å²) >= 11 is 0. The van der Waals surface area contributed by atoms with Crippen molar-refractivity contribution in [1.29, 1.82) is 0 Å². The molecule has 15 heavy (non-hydrogen) atoms. The Hall–Kier alpha value is -1.30. The predicted molar refractivity (Wildman–Crippen MR) is 71.0 cm³/mol. The molecular formula is C15H22. The van der Waals surface area contributed by atoms with Gasteiger partial charge in [0.2, 0.25) is 0 Å². The molecule has 0 spiro atoms. The molecule has 2 rings (SSSR count). The van der Waals surface area contributed by atoms with Crippen LogP contribution in [0.25, 0.3) is 5.57 Å². The van der Waals surface area contributed by atoms with Crippen LogP contribution in [0.2, 0.25) is 0 Å². The molecule has 1 aromatic rings. The van der Waals surface area contributed by atoms with E-state index in [1.54, 1.807) is 0 Å². The van der Waals surface area contributed by atoms with Crippen molar-refractivity contribution >= 4 is 5.57 Å². The highest BCUT2D eigenvalue weighted by atomic mass is 14.2. The van der Waals surface area contributed by atoms with Crippen molar-refractivity contribution in [3.05, 3.63) is 54.1 Å². The Morgan fingerprint density at radius 1 is 0.933 bits per heavy atom. The number of hydrogen-bond donors (Lipinski definition) is 0. The molecule has 0 heterocycles. The van der Waals surface area contributed by atoms with Crippen molar-refractivity contribution in [1.82, 2.24) is 0 Å². The summed E-state index contributed by atoms with van der Waals surface area (Å²) in [5, 5.41) is 0. The Morgan fingerprint density at radius 3 is 2.00 bits per heavy atom. The van der Waals surface area contributed by atoms with Crippen molar-refractivity contribution in [3.63, 3.8) is 0 Å². The van der Waals surface area contributed by atoms with E-state index in [-0.39, 0.29) is 0 Å². The molecular weight excluding hydrogens is 180 g/mol. The number of hydrogen-bond acceptors (Lipinski definition) is 0. The fourth-order valence-electron chi connectivity index (χ4n) is 1.50. The first kappa shape index (κ1) is 13.7. The molecule has 0 radical (unpaired) electrons. The highest BCUT2D eigenvalue weighted by molar-refractivity contribution is 5.83. The molecule has 0 nitrogen and oxygen atoms in total. The van der Waals surface area contributed by atoms with Crippen LogP contribution in [0.15, 0.2) is 43.0 Å². The lowest BCUT2D eigenvalue weighted by Crippen LogP contribution is -1.76. The Morgan fingerprint density at radius 2 is 1.47 bits per heavy atom. The molecule has 0 N–H and O–H groups in total. The molecule has 0 fully saturated rings. The molecule has 1 aromatic carbocycles. The van der Waals surface area contributed by atoms with Gasteiger partial charge in [-0.15, -0.1) is 0 Å². The first-order valence-corrected chi connectivity index (χ1v) is 5.74. The van der Waals surface area contributed by atoms with Gasteiger partial charge in [0.25, 0.3) is 0 Å². The van der Waals surface area contributed by atoms with Crippen LogP contribution in [0.1, 0.15) is 38.8 Å². The van der Waals surface area contributed by atoms with Gasteiger partial charge in [-0.1, -0.05) is 65.1 Å². The van der Waals surface area contributed by atoms with Gasteiger partial charge >= 0.3 is 0 Å². The third-order valence-electron chi connectivity index (χ3n) is 2.17. The van der Waals surface area contributed by atoms with E-state index in [2.05, 4.69) is 31.4 Å². The summed E-state index contributed by atoms with van der Waals surface area (Å²) in [6.07, 6.45) is 0.981.